The number of sulfonamides is 1. The molecule has 8 heteroatoms. The van der Waals surface area contributed by atoms with E-state index in [2.05, 4.69) is 4.72 Å². The van der Waals surface area contributed by atoms with Gasteiger partial charge < -0.3 is 14.9 Å². The number of carbonyl (C=O) groups excluding carboxylic acids is 1. The number of esters is 1. The molecule has 0 spiro atoms. The Hall–Kier alpha value is -2.58. The van der Waals surface area contributed by atoms with Crippen LogP contribution in [0, 0.1) is 5.92 Å². The Morgan fingerprint density at radius 1 is 1.07 bits per heavy atom. The molecule has 0 bridgehead atoms. The highest BCUT2D eigenvalue weighted by molar-refractivity contribution is 7.89. The van der Waals surface area contributed by atoms with Gasteiger partial charge in [0.05, 0.1) is 4.90 Å². The Kier molecular flexibility index (Phi) is 5.36. The van der Waals surface area contributed by atoms with Crippen LogP contribution in [0.2, 0.25) is 0 Å². The molecule has 0 fully saturated rings. The summed E-state index contributed by atoms with van der Waals surface area (Å²) in [6.07, 6.45) is 0. The predicted octanol–water partition coefficient (Wildman–Crippen LogP) is 3.81. The van der Waals surface area contributed by atoms with Crippen molar-refractivity contribution in [2.75, 3.05) is 5.73 Å². The number of carbonyl (C=O) groups is 1. The average Bonchev–Trinajstić information content (AvgIpc) is 2.94. The van der Waals surface area contributed by atoms with E-state index in [1.54, 1.807) is 58.9 Å². The smallest absolute Gasteiger partial charge is 0.324 e. The van der Waals surface area contributed by atoms with Crippen molar-refractivity contribution < 1.29 is 22.4 Å². The van der Waals surface area contributed by atoms with E-state index >= 15 is 0 Å². The maximum atomic E-state index is 13.0. The molecule has 0 radical (unpaired) electrons. The van der Waals surface area contributed by atoms with Gasteiger partial charge in [-0.3, -0.25) is 4.79 Å². The summed E-state index contributed by atoms with van der Waals surface area (Å²) in [5.41, 5.74) is 6.77. The van der Waals surface area contributed by atoms with Gasteiger partial charge in [-0.1, -0.05) is 13.8 Å². The lowest BCUT2D eigenvalue weighted by Crippen LogP contribution is -2.47. The molecule has 0 saturated carbocycles. The van der Waals surface area contributed by atoms with Gasteiger partial charge in [0.1, 0.15) is 22.8 Å². The fourth-order valence-electron chi connectivity index (χ4n) is 3.00. The standard InChI is InChI=1S/C21H26N2O5S/c1-12(2)19(20(24)28-21(3,4)5)23-29(25,26)14-7-9-17-16(11-14)15-8-6-13(22)10-18(15)27-17/h6-12,19,23H,22H2,1-5H3/t19-/m1/s1. The van der Waals surface area contributed by atoms with Crippen LogP contribution >= 0.6 is 0 Å². The molecule has 0 aliphatic heterocycles. The second kappa shape index (κ2) is 7.35. The molecule has 3 aromatic rings. The number of nitrogen functional groups attached to an aromatic ring is 1. The number of rotatable bonds is 5. The van der Waals surface area contributed by atoms with Crippen molar-refractivity contribution >= 4 is 43.6 Å². The van der Waals surface area contributed by atoms with Crippen LogP contribution in [0.4, 0.5) is 5.69 Å². The van der Waals surface area contributed by atoms with Crippen molar-refractivity contribution in [1.82, 2.24) is 4.72 Å². The Morgan fingerprint density at radius 3 is 2.38 bits per heavy atom. The normalized spacial score (nSPS) is 13.9. The van der Waals surface area contributed by atoms with E-state index in [0.29, 0.717) is 22.2 Å². The van der Waals surface area contributed by atoms with E-state index in [0.717, 1.165) is 5.39 Å². The highest BCUT2D eigenvalue weighted by atomic mass is 32.2. The molecule has 29 heavy (non-hydrogen) atoms. The SMILES string of the molecule is CC(C)[C@@H](NS(=O)(=O)c1ccc2oc3cc(N)ccc3c2c1)C(=O)OC(C)(C)C. The van der Waals surface area contributed by atoms with Crippen LogP contribution in [0.25, 0.3) is 21.9 Å². The number of nitrogens with one attached hydrogen (secondary N) is 1. The van der Waals surface area contributed by atoms with E-state index in [1.165, 1.54) is 12.1 Å². The van der Waals surface area contributed by atoms with Gasteiger partial charge in [0.15, 0.2) is 0 Å². The highest BCUT2D eigenvalue weighted by Crippen LogP contribution is 2.31. The van der Waals surface area contributed by atoms with Crippen LogP contribution in [-0.2, 0) is 19.6 Å². The van der Waals surface area contributed by atoms with Crippen molar-refractivity contribution in [3.8, 4) is 0 Å². The molecular weight excluding hydrogens is 392 g/mol. The number of hydrogen-bond donors (Lipinski definition) is 2. The molecule has 0 aliphatic rings. The van der Waals surface area contributed by atoms with E-state index in [4.69, 9.17) is 14.9 Å². The second-order valence-corrected chi connectivity index (χ2v) is 10.1. The minimum Gasteiger partial charge on any atom is -0.459 e. The lowest BCUT2D eigenvalue weighted by Gasteiger charge is -2.26. The molecule has 1 atom stereocenters. The summed E-state index contributed by atoms with van der Waals surface area (Å²) in [6, 6.07) is 8.79. The van der Waals surface area contributed by atoms with Crippen molar-refractivity contribution in [1.29, 1.82) is 0 Å². The summed E-state index contributed by atoms with van der Waals surface area (Å²) in [7, 11) is -3.97. The summed E-state index contributed by atoms with van der Waals surface area (Å²) < 4.78 is 39.6. The van der Waals surface area contributed by atoms with Crippen LogP contribution in [0.15, 0.2) is 45.7 Å². The third-order valence-electron chi connectivity index (χ3n) is 4.39. The topological polar surface area (TPSA) is 112 Å². The number of nitrogens with two attached hydrogens (primary N) is 1. The molecule has 1 aromatic heterocycles. The van der Waals surface area contributed by atoms with E-state index in [1.807, 2.05) is 0 Å². The molecule has 0 aliphatic carbocycles. The molecule has 1 heterocycles. The molecule has 156 valence electrons. The van der Waals surface area contributed by atoms with Crippen LogP contribution in [0.5, 0.6) is 0 Å². The molecule has 7 nitrogen and oxygen atoms in total. The quantitative estimate of drug-likeness (QED) is 0.481. The maximum Gasteiger partial charge on any atom is 0.324 e. The highest BCUT2D eigenvalue weighted by Gasteiger charge is 2.32. The number of benzene rings is 2. The Bertz CT molecular complexity index is 1170. The molecule has 3 N–H and O–H groups in total. The summed E-state index contributed by atoms with van der Waals surface area (Å²) >= 11 is 0. The van der Waals surface area contributed by atoms with E-state index < -0.39 is 27.6 Å². The number of anilines is 1. The van der Waals surface area contributed by atoms with Crippen LogP contribution in [0.3, 0.4) is 0 Å². The van der Waals surface area contributed by atoms with Gasteiger partial charge in [0, 0.05) is 22.5 Å². The third-order valence-corrected chi connectivity index (χ3v) is 5.83. The molecule has 0 amide bonds. The summed E-state index contributed by atoms with van der Waals surface area (Å²) in [6.45, 7) is 8.73. The third kappa shape index (κ3) is 4.54. The van der Waals surface area contributed by atoms with Gasteiger partial charge in [-0.15, -0.1) is 0 Å². The van der Waals surface area contributed by atoms with Gasteiger partial charge in [0.2, 0.25) is 10.0 Å². The first-order chi connectivity index (χ1) is 13.4. The molecule has 2 aromatic carbocycles. The molecule has 3 rings (SSSR count). The lowest BCUT2D eigenvalue weighted by molar-refractivity contribution is -0.158. The second-order valence-electron chi connectivity index (χ2n) is 8.39. The van der Waals surface area contributed by atoms with Gasteiger partial charge in [0.25, 0.3) is 0 Å². The molecular formula is C21H26N2O5S. The minimum atomic E-state index is -3.97. The fourth-order valence-corrected chi connectivity index (χ4v) is 4.36. The molecule has 0 saturated heterocycles. The van der Waals surface area contributed by atoms with Gasteiger partial charge >= 0.3 is 5.97 Å². The fraction of sp³-hybridized carbons (Fsp3) is 0.381. The van der Waals surface area contributed by atoms with Crippen LogP contribution in [0.1, 0.15) is 34.6 Å². The number of hydrogen-bond acceptors (Lipinski definition) is 6. The average molecular weight is 419 g/mol. The maximum absolute atomic E-state index is 13.0. The zero-order valence-corrected chi connectivity index (χ0v) is 18.0. The minimum absolute atomic E-state index is 0.0405. The summed E-state index contributed by atoms with van der Waals surface area (Å²) in [4.78, 5) is 12.6. The van der Waals surface area contributed by atoms with Gasteiger partial charge in [-0.25, -0.2) is 8.42 Å². The molecule has 0 unspecified atom stereocenters. The Morgan fingerprint density at radius 2 is 1.76 bits per heavy atom. The number of fused-ring (bicyclic) bond motifs is 3. The van der Waals surface area contributed by atoms with Crippen molar-refractivity contribution in [2.45, 2.75) is 51.2 Å². The summed E-state index contributed by atoms with van der Waals surface area (Å²) in [5.74, 6) is -0.900. The lowest BCUT2D eigenvalue weighted by atomic mass is 10.1. The van der Waals surface area contributed by atoms with Crippen LogP contribution in [-0.4, -0.2) is 26.0 Å². The predicted molar refractivity (Wildman–Crippen MR) is 113 cm³/mol. The zero-order valence-electron chi connectivity index (χ0n) is 17.1. The van der Waals surface area contributed by atoms with Crippen LogP contribution < -0.4 is 10.5 Å². The summed E-state index contributed by atoms with van der Waals surface area (Å²) in [5, 5.41) is 1.42. The first kappa shape index (κ1) is 21.1. The zero-order chi connectivity index (χ0) is 21.6. The van der Waals surface area contributed by atoms with Gasteiger partial charge in [-0.05, 0) is 57.0 Å². The first-order valence-electron chi connectivity index (χ1n) is 9.34. The Labute approximate surface area is 170 Å². The number of furan rings is 1. The van der Waals surface area contributed by atoms with E-state index in [9.17, 15) is 13.2 Å². The number of ether oxygens (including phenoxy) is 1. The Balaban J connectivity index is 1.98. The van der Waals surface area contributed by atoms with E-state index in [-0.39, 0.29) is 10.8 Å². The van der Waals surface area contributed by atoms with Crippen molar-refractivity contribution in [3.63, 3.8) is 0 Å². The monoisotopic (exact) mass is 418 g/mol. The van der Waals surface area contributed by atoms with Crippen molar-refractivity contribution in [3.05, 3.63) is 36.4 Å². The first-order valence-corrected chi connectivity index (χ1v) is 10.8. The van der Waals surface area contributed by atoms with Gasteiger partial charge in [-0.2, -0.15) is 4.72 Å². The van der Waals surface area contributed by atoms with Crippen molar-refractivity contribution in [2.24, 2.45) is 5.92 Å². The largest absolute Gasteiger partial charge is 0.459 e.